The fourth-order valence-corrected chi connectivity index (χ4v) is 2.72. The molecule has 0 spiro atoms. The molecule has 7 nitrogen and oxygen atoms in total. The third kappa shape index (κ3) is 1.70. The molecule has 0 aromatic heterocycles. The molecule has 0 heterocycles. The van der Waals surface area contributed by atoms with E-state index in [-0.39, 0.29) is 28.0 Å². The molecule has 2 aromatic rings. The van der Waals surface area contributed by atoms with Crippen LogP contribution in [-0.4, -0.2) is 39.1 Å². The van der Waals surface area contributed by atoms with Gasteiger partial charge in [-0.25, -0.2) is 0 Å². The van der Waals surface area contributed by atoms with Crippen molar-refractivity contribution < 1.29 is 34.8 Å². The monoisotopic (exact) mass is 316 g/mol. The third-order valence-electron chi connectivity index (χ3n) is 3.93. The topological polar surface area (TPSA) is 124 Å². The lowest BCUT2D eigenvalue weighted by atomic mass is 9.81. The van der Waals surface area contributed by atoms with Gasteiger partial charge in [-0.1, -0.05) is 0 Å². The molecular formula is C16H12O7. The van der Waals surface area contributed by atoms with Crippen LogP contribution in [0.1, 0.15) is 37.4 Å². The molecule has 7 heteroatoms. The van der Waals surface area contributed by atoms with E-state index in [1.165, 1.54) is 20.1 Å². The molecule has 1 aliphatic carbocycles. The summed E-state index contributed by atoms with van der Waals surface area (Å²) in [7, 11) is 1.22. The van der Waals surface area contributed by atoms with E-state index in [4.69, 9.17) is 4.74 Å². The Labute approximate surface area is 130 Å². The van der Waals surface area contributed by atoms with E-state index in [1.807, 2.05) is 0 Å². The van der Waals surface area contributed by atoms with E-state index in [9.17, 15) is 30.0 Å². The standard InChI is InChI=1S/C16H12O7/c1-5-11(18)9-10(16(23-2)12(5)19)13(20)6-3-4-7(17)14(21)8(6)15(9)22/h3-4,17-19,21H,1-2H3. The van der Waals surface area contributed by atoms with Crippen molar-refractivity contribution in [3.05, 3.63) is 39.9 Å². The number of ketones is 2. The summed E-state index contributed by atoms with van der Waals surface area (Å²) in [6.07, 6.45) is 0. The second kappa shape index (κ2) is 4.64. The zero-order chi connectivity index (χ0) is 17.0. The molecule has 2 aromatic carbocycles. The van der Waals surface area contributed by atoms with Crippen LogP contribution in [0, 0.1) is 6.92 Å². The number of hydrogen-bond donors (Lipinski definition) is 4. The number of aromatic hydroxyl groups is 4. The Hall–Kier alpha value is -3.22. The lowest BCUT2D eigenvalue weighted by Gasteiger charge is -2.23. The molecule has 4 N–H and O–H groups in total. The number of hydrogen-bond acceptors (Lipinski definition) is 7. The summed E-state index contributed by atoms with van der Waals surface area (Å²) < 4.78 is 5.02. The van der Waals surface area contributed by atoms with Crippen LogP contribution in [0.3, 0.4) is 0 Å². The molecule has 0 radical (unpaired) electrons. The van der Waals surface area contributed by atoms with Crippen molar-refractivity contribution in [2.24, 2.45) is 0 Å². The Kier molecular flexibility index (Phi) is 2.97. The Morgan fingerprint density at radius 3 is 2.09 bits per heavy atom. The van der Waals surface area contributed by atoms with Crippen LogP contribution in [0.15, 0.2) is 12.1 Å². The number of phenols is 4. The van der Waals surface area contributed by atoms with Crippen molar-refractivity contribution in [2.45, 2.75) is 6.92 Å². The minimum Gasteiger partial charge on any atom is -0.507 e. The first-order valence-electron chi connectivity index (χ1n) is 6.58. The number of methoxy groups -OCH3 is 1. The van der Waals surface area contributed by atoms with E-state index >= 15 is 0 Å². The predicted molar refractivity (Wildman–Crippen MR) is 77.7 cm³/mol. The van der Waals surface area contributed by atoms with Crippen LogP contribution in [0.2, 0.25) is 0 Å². The maximum atomic E-state index is 12.7. The van der Waals surface area contributed by atoms with Gasteiger partial charge in [0, 0.05) is 11.1 Å². The second-order valence-electron chi connectivity index (χ2n) is 5.12. The highest BCUT2D eigenvalue weighted by Gasteiger charge is 2.39. The van der Waals surface area contributed by atoms with Gasteiger partial charge < -0.3 is 25.2 Å². The maximum absolute atomic E-state index is 12.7. The molecule has 0 amide bonds. The van der Waals surface area contributed by atoms with Crippen molar-refractivity contribution >= 4 is 11.6 Å². The van der Waals surface area contributed by atoms with E-state index in [1.54, 1.807) is 0 Å². The van der Waals surface area contributed by atoms with E-state index in [0.29, 0.717) is 0 Å². The highest BCUT2D eigenvalue weighted by atomic mass is 16.5. The first-order chi connectivity index (χ1) is 10.8. The van der Waals surface area contributed by atoms with E-state index < -0.39 is 40.1 Å². The zero-order valence-corrected chi connectivity index (χ0v) is 12.2. The normalized spacial score (nSPS) is 12.8. The highest BCUT2D eigenvalue weighted by molar-refractivity contribution is 6.31. The first-order valence-corrected chi connectivity index (χ1v) is 6.58. The molecule has 0 saturated carbocycles. The molecule has 0 unspecified atom stereocenters. The van der Waals surface area contributed by atoms with Crippen molar-refractivity contribution in [2.75, 3.05) is 7.11 Å². The zero-order valence-electron chi connectivity index (χ0n) is 12.2. The smallest absolute Gasteiger partial charge is 0.202 e. The van der Waals surface area contributed by atoms with Crippen LogP contribution in [0.25, 0.3) is 0 Å². The third-order valence-corrected chi connectivity index (χ3v) is 3.93. The van der Waals surface area contributed by atoms with Crippen LogP contribution in [-0.2, 0) is 0 Å². The summed E-state index contributed by atoms with van der Waals surface area (Å²) in [4.78, 5) is 25.3. The summed E-state index contributed by atoms with van der Waals surface area (Å²) in [5.74, 6) is -4.12. The Bertz CT molecular complexity index is 896. The van der Waals surface area contributed by atoms with Gasteiger partial charge in [0.25, 0.3) is 0 Å². The van der Waals surface area contributed by atoms with E-state index in [2.05, 4.69) is 0 Å². The van der Waals surface area contributed by atoms with Gasteiger partial charge in [-0.3, -0.25) is 9.59 Å². The van der Waals surface area contributed by atoms with Gasteiger partial charge in [0.1, 0.15) is 5.75 Å². The van der Waals surface area contributed by atoms with Crippen LogP contribution < -0.4 is 4.74 Å². The molecule has 3 rings (SSSR count). The van der Waals surface area contributed by atoms with Crippen LogP contribution in [0.4, 0.5) is 0 Å². The number of carbonyl (C=O) groups excluding carboxylic acids is 2. The minimum atomic E-state index is -0.845. The minimum absolute atomic E-state index is 0.0372. The van der Waals surface area contributed by atoms with Gasteiger partial charge in [-0.05, 0) is 19.1 Å². The summed E-state index contributed by atoms with van der Waals surface area (Å²) in [6.45, 7) is 1.35. The SMILES string of the molecule is COc1c(O)c(C)c(O)c2c1C(=O)c1ccc(O)c(O)c1C2=O. The fraction of sp³-hybridized carbons (Fsp3) is 0.125. The predicted octanol–water partition coefficient (Wildman–Crippen LogP) is 1.60. The van der Waals surface area contributed by atoms with Crippen molar-refractivity contribution in [3.8, 4) is 28.7 Å². The lowest BCUT2D eigenvalue weighted by Crippen LogP contribution is -2.22. The molecule has 1 aliphatic rings. The van der Waals surface area contributed by atoms with Gasteiger partial charge in [-0.15, -0.1) is 0 Å². The largest absolute Gasteiger partial charge is 0.507 e. The van der Waals surface area contributed by atoms with Crippen molar-refractivity contribution in [1.82, 2.24) is 0 Å². The molecule has 118 valence electrons. The Morgan fingerprint density at radius 2 is 1.48 bits per heavy atom. The average molecular weight is 316 g/mol. The maximum Gasteiger partial charge on any atom is 0.202 e. The molecule has 0 bridgehead atoms. The number of benzene rings is 2. The molecule has 23 heavy (non-hydrogen) atoms. The van der Waals surface area contributed by atoms with Gasteiger partial charge in [-0.2, -0.15) is 0 Å². The van der Waals surface area contributed by atoms with Crippen molar-refractivity contribution in [3.63, 3.8) is 0 Å². The molecule has 0 saturated heterocycles. The molecule has 0 fully saturated rings. The van der Waals surface area contributed by atoms with Crippen LogP contribution in [0.5, 0.6) is 28.7 Å². The molecule has 0 atom stereocenters. The quantitative estimate of drug-likeness (QED) is 0.503. The molecular weight excluding hydrogens is 304 g/mol. The Morgan fingerprint density at radius 1 is 0.826 bits per heavy atom. The summed E-state index contributed by atoms with van der Waals surface area (Å²) >= 11 is 0. The number of carbonyl (C=O) groups is 2. The first kappa shape index (κ1) is 14.7. The average Bonchev–Trinajstić information content (AvgIpc) is 2.52. The second-order valence-corrected chi connectivity index (χ2v) is 5.12. The summed E-state index contributed by atoms with van der Waals surface area (Å²) in [5.41, 5.74) is -1.25. The fourth-order valence-electron chi connectivity index (χ4n) is 2.72. The molecule has 0 aliphatic heterocycles. The van der Waals surface area contributed by atoms with Crippen LogP contribution >= 0.6 is 0 Å². The summed E-state index contributed by atoms with van der Waals surface area (Å²) in [5, 5.41) is 39.7. The number of ether oxygens (including phenoxy) is 1. The van der Waals surface area contributed by atoms with E-state index in [0.717, 1.165) is 6.07 Å². The Balaban J connectivity index is 2.47. The van der Waals surface area contributed by atoms with Gasteiger partial charge >= 0.3 is 0 Å². The van der Waals surface area contributed by atoms with Gasteiger partial charge in [0.05, 0.1) is 23.8 Å². The number of rotatable bonds is 1. The van der Waals surface area contributed by atoms with Gasteiger partial charge in [0.2, 0.25) is 5.78 Å². The number of fused-ring (bicyclic) bond motifs is 2. The summed E-state index contributed by atoms with van der Waals surface area (Å²) in [6, 6.07) is 2.26. The lowest BCUT2D eigenvalue weighted by molar-refractivity contribution is 0.0970. The van der Waals surface area contributed by atoms with Gasteiger partial charge in [0.15, 0.2) is 28.8 Å². The highest BCUT2D eigenvalue weighted by Crippen LogP contribution is 2.48. The van der Waals surface area contributed by atoms with Crippen molar-refractivity contribution in [1.29, 1.82) is 0 Å². The number of phenolic OH excluding ortho intramolecular Hbond substituents is 4.